The van der Waals surface area contributed by atoms with E-state index < -0.39 is 11.6 Å². The third-order valence-corrected chi connectivity index (χ3v) is 2.44. The molecule has 0 aromatic heterocycles. The Morgan fingerprint density at radius 1 is 1.23 bits per heavy atom. The van der Waals surface area contributed by atoms with Crippen LogP contribution in [0.5, 0.6) is 0 Å². The highest BCUT2D eigenvalue weighted by molar-refractivity contribution is 5.85. The van der Waals surface area contributed by atoms with E-state index in [0.29, 0.717) is 0 Å². The minimum absolute atomic E-state index is 0. The number of ether oxygens (including phenoxy) is 1. The Morgan fingerprint density at radius 2 is 1.69 bits per heavy atom. The standard InChI is InChI=1S/C7H12F3NO.ClH/c8-7(9,10)6(5-11)1-3-12-4-2-6;/h1-5,11H2;1H. The lowest BCUT2D eigenvalue weighted by atomic mass is 9.79. The summed E-state index contributed by atoms with van der Waals surface area (Å²) in [6, 6.07) is 0. The number of rotatable bonds is 1. The van der Waals surface area contributed by atoms with Crippen molar-refractivity contribution >= 4 is 12.4 Å². The van der Waals surface area contributed by atoms with Gasteiger partial charge in [-0.3, -0.25) is 0 Å². The monoisotopic (exact) mass is 219 g/mol. The molecule has 2 nitrogen and oxygen atoms in total. The lowest BCUT2D eigenvalue weighted by Gasteiger charge is -2.37. The third-order valence-electron chi connectivity index (χ3n) is 2.44. The molecule has 80 valence electrons. The molecule has 0 radical (unpaired) electrons. The van der Waals surface area contributed by atoms with E-state index in [0.717, 1.165) is 0 Å². The molecule has 0 amide bonds. The van der Waals surface area contributed by atoms with E-state index >= 15 is 0 Å². The first-order valence-electron chi connectivity index (χ1n) is 3.86. The second-order valence-electron chi connectivity index (χ2n) is 3.09. The third kappa shape index (κ3) is 2.48. The van der Waals surface area contributed by atoms with Crippen molar-refractivity contribution in [3.63, 3.8) is 0 Å². The molecule has 0 aromatic rings. The topological polar surface area (TPSA) is 35.2 Å². The number of halogens is 4. The van der Waals surface area contributed by atoms with Gasteiger partial charge in [0.25, 0.3) is 0 Å². The van der Waals surface area contributed by atoms with Crippen molar-refractivity contribution in [2.24, 2.45) is 11.1 Å². The number of nitrogens with two attached hydrogens (primary N) is 1. The Kier molecular flexibility index (Phi) is 4.48. The number of hydrogen-bond donors (Lipinski definition) is 1. The van der Waals surface area contributed by atoms with Crippen LogP contribution >= 0.6 is 12.4 Å². The highest BCUT2D eigenvalue weighted by Gasteiger charge is 2.53. The zero-order chi connectivity index (χ0) is 9.24. The summed E-state index contributed by atoms with van der Waals surface area (Å²) in [4.78, 5) is 0. The van der Waals surface area contributed by atoms with Gasteiger partial charge < -0.3 is 10.5 Å². The van der Waals surface area contributed by atoms with E-state index in [2.05, 4.69) is 0 Å². The summed E-state index contributed by atoms with van der Waals surface area (Å²) < 4.78 is 42.2. The molecule has 1 aliphatic rings. The van der Waals surface area contributed by atoms with E-state index in [4.69, 9.17) is 10.5 Å². The lowest BCUT2D eigenvalue weighted by Crippen LogP contribution is -2.48. The Morgan fingerprint density at radius 3 is 1.92 bits per heavy atom. The second-order valence-corrected chi connectivity index (χ2v) is 3.09. The van der Waals surface area contributed by atoms with Gasteiger partial charge in [0.1, 0.15) is 0 Å². The van der Waals surface area contributed by atoms with E-state index in [1.165, 1.54) is 0 Å². The zero-order valence-corrected chi connectivity index (χ0v) is 7.88. The minimum Gasteiger partial charge on any atom is -0.381 e. The predicted molar refractivity (Wildman–Crippen MR) is 44.8 cm³/mol. The van der Waals surface area contributed by atoms with Crippen molar-refractivity contribution in [1.82, 2.24) is 0 Å². The summed E-state index contributed by atoms with van der Waals surface area (Å²) >= 11 is 0. The molecule has 13 heavy (non-hydrogen) atoms. The normalized spacial score (nSPS) is 22.2. The molecule has 1 aliphatic heterocycles. The van der Waals surface area contributed by atoms with Crippen molar-refractivity contribution in [2.45, 2.75) is 19.0 Å². The average molecular weight is 220 g/mol. The fourth-order valence-electron chi connectivity index (χ4n) is 1.37. The van der Waals surface area contributed by atoms with Gasteiger partial charge in [0.15, 0.2) is 0 Å². The molecule has 0 saturated carbocycles. The summed E-state index contributed by atoms with van der Waals surface area (Å²) in [7, 11) is 0. The molecule has 0 unspecified atom stereocenters. The molecule has 6 heteroatoms. The quantitative estimate of drug-likeness (QED) is 0.729. The fraction of sp³-hybridized carbons (Fsp3) is 1.00. The van der Waals surface area contributed by atoms with Crippen LogP contribution in [0.25, 0.3) is 0 Å². The molecule has 0 bridgehead atoms. The maximum Gasteiger partial charge on any atom is 0.395 e. The van der Waals surface area contributed by atoms with Crippen LogP contribution in [0.3, 0.4) is 0 Å². The smallest absolute Gasteiger partial charge is 0.381 e. The fourth-order valence-corrected chi connectivity index (χ4v) is 1.37. The Labute approximate surface area is 81.0 Å². The minimum atomic E-state index is -4.19. The van der Waals surface area contributed by atoms with Crippen LogP contribution in [0.2, 0.25) is 0 Å². The van der Waals surface area contributed by atoms with Gasteiger partial charge >= 0.3 is 6.18 Å². The summed E-state index contributed by atoms with van der Waals surface area (Å²) in [5, 5.41) is 0. The maximum absolute atomic E-state index is 12.5. The molecule has 0 aliphatic carbocycles. The number of alkyl halides is 3. The second kappa shape index (κ2) is 4.48. The van der Waals surface area contributed by atoms with Gasteiger partial charge in [-0.2, -0.15) is 13.2 Å². The van der Waals surface area contributed by atoms with Crippen LogP contribution in [0, 0.1) is 5.41 Å². The van der Waals surface area contributed by atoms with E-state index in [9.17, 15) is 13.2 Å². The molecule has 1 saturated heterocycles. The molecule has 1 heterocycles. The van der Waals surface area contributed by atoms with Crippen molar-refractivity contribution in [2.75, 3.05) is 19.8 Å². The van der Waals surface area contributed by atoms with Crippen molar-refractivity contribution in [3.8, 4) is 0 Å². The largest absolute Gasteiger partial charge is 0.395 e. The van der Waals surface area contributed by atoms with Gasteiger partial charge in [-0.15, -0.1) is 12.4 Å². The van der Waals surface area contributed by atoms with Crippen molar-refractivity contribution in [3.05, 3.63) is 0 Å². The van der Waals surface area contributed by atoms with Gasteiger partial charge in [-0.25, -0.2) is 0 Å². The first-order valence-corrected chi connectivity index (χ1v) is 3.86. The van der Waals surface area contributed by atoms with Crippen LogP contribution in [-0.4, -0.2) is 25.9 Å². The number of hydrogen-bond acceptors (Lipinski definition) is 2. The van der Waals surface area contributed by atoms with Crippen LogP contribution in [-0.2, 0) is 4.74 Å². The summed E-state index contributed by atoms with van der Waals surface area (Å²) in [6.07, 6.45) is -4.20. The lowest BCUT2D eigenvalue weighted by molar-refractivity contribution is -0.242. The molecular formula is C7H13ClF3NO. The molecule has 0 spiro atoms. The van der Waals surface area contributed by atoms with Crippen LogP contribution < -0.4 is 5.73 Å². The molecule has 1 rings (SSSR count). The van der Waals surface area contributed by atoms with Crippen molar-refractivity contribution in [1.29, 1.82) is 0 Å². The van der Waals surface area contributed by atoms with Crippen LogP contribution in [0.15, 0.2) is 0 Å². The first-order chi connectivity index (χ1) is 5.52. The first kappa shape index (κ1) is 13.0. The van der Waals surface area contributed by atoms with Gasteiger partial charge in [-0.05, 0) is 12.8 Å². The summed E-state index contributed by atoms with van der Waals surface area (Å²) in [5.41, 5.74) is 3.46. The highest BCUT2D eigenvalue weighted by atomic mass is 35.5. The van der Waals surface area contributed by atoms with Gasteiger partial charge in [0.05, 0.1) is 5.41 Å². The summed E-state index contributed by atoms with van der Waals surface area (Å²) in [6.45, 7) is -0.00667. The maximum atomic E-state index is 12.5. The van der Waals surface area contributed by atoms with Crippen LogP contribution in [0.4, 0.5) is 13.2 Å². The molecular weight excluding hydrogens is 207 g/mol. The van der Waals surface area contributed by atoms with E-state index in [-0.39, 0.29) is 45.0 Å². The van der Waals surface area contributed by atoms with Gasteiger partial charge in [0, 0.05) is 19.8 Å². The van der Waals surface area contributed by atoms with E-state index in [1.807, 2.05) is 0 Å². The highest BCUT2D eigenvalue weighted by Crippen LogP contribution is 2.44. The molecule has 0 aromatic carbocycles. The SMILES string of the molecule is Cl.NCC1(C(F)(F)F)CCOCC1. The van der Waals surface area contributed by atoms with E-state index in [1.54, 1.807) is 0 Å². The van der Waals surface area contributed by atoms with Crippen LogP contribution in [0.1, 0.15) is 12.8 Å². The van der Waals surface area contributed by atoms with Gasteiger partial charge in [0.2, 0.25) is 0 Å². The summed E-state index contributed by atoms with van der Waals surface area (Å²) in [5.74, 6) is 0. The molecule has 0 atom stereocenters. The molecule has 1 fully saturated rings. The Hall–Kier alpha value is -0.0000000000000000486. The molecule has 2 N–H and O–H groups in total. The van der Waals surface area contributed by atoms with Crippen molar-refractivity contribution < 1.29 is 17.9 Å². The van der Waals surface area contributed by atoms with Gasteiger partial charge in [-0.1, -0.05) is 0 Å². The predicted octanol–water partition coefficient (Wildman–Crippen LogP) is 1.73. The Balaban J connectivity index is 0.00000144. The zero-order valence-electron chi connectivity index (χ0n) is 7.06. The average Bonchev–Trinajstić information content (AvgIpc) is 2.04. The Bertz CT molecular complexity index is 156.